The van der Waals surface area contributed by atoms with Gasteiger partial charge in [0, 0.05) is 57.0 Å². The molecule has 3 amide bonds. The summed E-state index contributed by atoms with van der Waals surface area (Å²) in [6.07, 6.45) is 3.68. The maximum absolute atomic E-state index is 12.7. The highest BCUT2D eigenvalue weighted by Crippen LogP contribution is 2.37. The first-order chi connectivity index (χ1) is 13.3. The monoisotopic (exact) mass is 404 g/mol. The second-order valence-electron chi connectivity index (χ2n) is 8.43. The van der Waals surface area contributed by atoms with Crippen LogP contribution in [-0.4, -0.2) is 78.5 Å². The van der Waals surface area contributed by atoms with Gasteiger partial charge in [0.15, 0.2) is 0 Å². The van der Waals surface area contributed by atoms with Gasteiger partial charge in [-0.1, -0.05) is 17.7 Å². The number of hydrogen-bond acceptors (Lipinski definition) is 4. The second-order valence-corrected chi connectivity index (χ2v) is 8.83. The molecule has 3 heterocycles. The van der Waals surface area contributed by atoms with Crippen LogP contribution in [-0.2, 0) is 4.79 Å². The van der Waals surface area contributed by atoms with Crippen LogP contribution in [0, 0.1) is 6.92 Å². The third kappa shape index (κ3) is 3.07. The minimum absolute atomic E-state index is 0.0364. The number of carbonyl (C=O) groups excluding carboxylic acids is 2. The lowest BCUT2D eigenvalue weighted by atomic mass is 9.85. The maximum Gasteiger partial charge on any atom is 0.327 e. The zero-order chi connectivity index (χ0) is 20.1. The summed E-state index contributed by atoms with van der Waals surface area (Å²) in [6, 6.07) is 6.67. The average Bonchev–Trinajstić information content (AvgIpc) is 2.87. The predicted octanol–water partition coefficient (Wildman–Crippen LogP) is 2.98. The van der Waals surface area contributed by atoms with E-state index in [0.717, 1.165) is 62.4 Å². The van der Waals surface area contributed by atoms with Gasteiger partial charge in [0.25, 0.3) is 5.91 Å². The summed E-state index contributed by atoms with van der Waals surface area (Å²) >= 11 is 6.29. The molecular weight excluding hydrogens is 376 g/mol. The first kappa shape index (κ1) is 19.5. The SMILES string of the molecule is Cc1ccc(N2CCC(N3CCC4(CC3)C(=O)N(C)C(=O)N4C)CC2)cc1Cl. The number of likely N-dealkylation sites (tertiary alicyclic amines) is 1. The van der Waals surface area contributed by atoms with Crippen LogP contribution < -0.4 is 4.90 Å². The highest BCUT2D eigenvalue weighted by molar-refractivity contribution is 6.31. The molecule has 3 fully saturated rings. The molecule has 3 aliphatic rings. The molecule has 28 heavy (non-hydrogen) atoms. The van der Waals surface area contributed by atoms with E-state index in [-0.39, 0.29) is 11.9 Å². The normalized spacial score (nSPS) is 23.9. The maximum atomic E-state index is 12.7. The second kappa shape index (κ2) is 7.23. The molecule has 3 saturated heterocycles. The molecule has 1 spiro atoms. The van der Waals surface area contributed by atoms with Gasteiger partial charge in [-0.15, -0.1) is 0 Å². The van der Waals surface area contributed by atoms with E-state index in [4.69, 9.17) is 11.6 Å². The van der Waals surface area contributed by atoms with Crippen molar-refractivity contribution in [3.8, 4) is 0 Å². The van der Waals surface area contributed by atoms with Gasteiger partial charge in [-0.25, -0.2) is 4.79 Å². The number of carbonyl (C=O) groups is 2. The molecule has 1 aromatic rings. The largest absolute Gasteiger partial charge is 0.371 e. The van der Waals surface area contributed by atoms with Crippen LogP contribution in [0.5, 0.6) is 0 Å². The van der Waals surface area contributed by atoms with Gasteiger partial charge in [0.05, 0.1) is 0 Å². The van der Waals surface area contributed by atoms with Crippen molar-refractivity contribution in [2.45, 2.75) is 44.2 Å². The number of piperidine rings is 2. The Morgan fingerprint density at radius 2 is 1.68 bits per heavy atom. The van der Waals surface area contributed by atoms with Crippen molar-refractivity contribution in [2.24, 2.45) is 0 Å². The zero-order valence-corrected chi connectivity index (χ0v) is 17.7. The van der Waals surface area contributed by atoms with Crippen molar-refractivity contribution < 1.29 is 9.59 Å². The van der Waals surface area contributed by atoms with E-state index in [9.17, 15) is 9.59 Å². The van der Waals surface area contributed by atoms with Crippen molar-refractivity contribution in [1.29, 1.82) is 0 Å². The number of likely N-dealkylation sites (N-methyl/N-ethyl adjacent to an activating group) is 2. The minimum atomic E-state index is -0.623. The third-order valence-electron chi connectivity index (χ3n) is 7.05. The molecule has 4 rings (SSSR count). The Bertz CT molecular complexity index is 783. The predicted molar refractivity (Wildman–Crippen MR) is 111 cm³/mol. The molecule has 0 aliphatic carbocycles. The highest BCUT2D eigenvalue weighted by atomic mass is 35.5. The minimum Gasteiger partial charge on any atom is -0.371 e. The fourth-order valence-electron chi connectivity index (χ4n) is 5.03. The Morgan fingerprint density at radius 3 is 2.21 bits per heavy atom. The van der Waals surface area contributed by atoms with E-state index in [2.05, 4.69) is 28.0 Å². The zero-order valence-electron chi connectivity index (χ0n) is 16.9. The lowest BCUT2D eigenvalue weighted by molar-refractivity contribution is -0.134. The fourth-order valence-corrected chi connectivity index (χ4v) is 5.20. The van der Waals surface area contributed by atoms with E-state index >= 15 is 0 Å². The topological polar surface area (TPSA) is 47.1 Å². The Morgan fingerprint density at radius 1 is 1.04 bits per heavy atom. The summed E-state index contributed by atoms with van der Waals surface area (Å²) < 4.78 is 0. The Balaban J connectivity index is 1.35. The van der Waals surface area contributed by atoms with Gasteiger partial charge in [-0.05, 0) is 50.3 Å². The van der Waals surface area contributed by atoms with Crippen molar-refractivity contribution in [3.05, 3.63) is 28.8 Å². The molecule has 152 valence electrons. The van der Waals surface area contributed by atoms with Gasteiger partial charge in [-0.3, -0.25) is 9.69 Å². The van der Waals surface area contributed by atoms with Gasteiger partial charge in [0.2, 0.25) is 0 Å². The van der Waals surface area contributed by atoms with Gasteiger partial charge in [-0.2, -0.15) is 0 Å². The molecule has 0 unspecified atom stereocenters. The Hall–Kier alpha value is -1.79. The third-order valence-corrected chi connectivity index (χ3v) is 7.45. The number of halogens is 1. The number of amides is 3. The molecule has 0 N–H and O–H groups in total. The van der Waals surface area contributed by atoms with Gasteiger partial charge >= 0.3 is 6.03 Å². The summed E-state index contributed by atoms with van der Waals surface area (Å²) in [7, 11) is 3.36. The highest BCUT2D eigenvalue weighted by Gasteiger charge is 2.55. The van der Waals surface area contributed by atoms with Crippen LogP contribution in [0.15, 0.2) is 18.2 Å². The van der Waals surface area contributed by atoms with Crippen molar-refractivity contribution in [1.82, 2.24) is 14.7 Å². The summed E-state index contributed by atoms with van der Waals surface area (Å²) in [5.41, 5.74) is 1.69. The number of imide groups is 1. The van der Waals surface area contributed by atoms with E-state index < -0.39 is 5.54 Å². The molecular formula is C21H29ClN4O2. The molecule has 0 bridgehead atoms. The van der Waals surface area contributed by atoms with E-state index in [1.54, 1.807) is 19.0 Å². The van der Waals surface area contributed by atoms with Crippen molar-refractivity contribution in [2.75, 3.05) is 45.2 Å². The lowest BCUT2D eigenvalue weighted by Gasteiger charge is -2.46. The Labute approximate surface area is 172 Å². The van der Waals surface area contributed by atoms with E-state index in [1.807, 2.05) is 6.92 Å². The molecule has 0 aromatic heterocycles. The molecule has 3 aliphatic heterocycles. The van der Waals surface area contributed by atoms with Crippen LogP contribution in [0.3, 0.4) is 0 Å². The molecule has 6 nitrogen and oxygen atoms in total. The Kier molecular flexibility index (Phi) is 5.04. The summed E-state index contributed by atoms with van der Waals surface area (Å²) in [5, 5.41) is 0.825. The summed E-state index contributed by atoms with van der Waals surface area (Å²) in [6.45, 7) is 5.81. The van der Waals surface area contributed by atoms with Gasteiger partial charge < -0.3 is 14.7 Å². The van der Waals surface area contributed by atoms with Crippen LogP contribution >= 0.6 is 11.6 Å². The first-order valence-electron chi connectivity index (χ1n) is 10.1. The molecule has 0 atom stereocenters. The quantitative estimate of drug-likeness (QED) is 0.711. The van der Waals surface area contributed by atoms with Crippen LogP contribution in [0.1, 0.15) is 31.2 Å². The molecule has 7 heteroatoms. The smallest absolute Gasteiger partial charge is 0.327 e. The molecule has 0 radical (unpaired) electrons. The number of nitrogens with zero attached hydrogens (tertiary/aromatic N) is 4. The van der Waals surface area contributed by atoms with Crippen LogP contribution in [0.2, 0.25) is 5.02 Å². The lowest BCUT2D eigenvalue weighted by Crippen LogP contribution is -2.58. The standard InChI is InChI=1S/C21H29ClN4O2/c1-15-4-5-17(14-18(15)22)25-10-6-16(7-11-25)26-12-8-21(9-13-26)19(27)23(2)20(28)24(21)3/h4-5,14,16H,6-13H2,1-3H3. The van der Waals surface area contributed by atoms with Crippen LogP contribution in [0.25, 0.3) is 0 Å². The number of aryl methyl sites for hydroxylation is 1. The number of rotatable bonds is 2. The van der Waals surface area contributed by atoms with Crippen LogP contribution in [0.4, 0.5) is 10.5 Å². The molecule has 0 saturated carbocycles. The van der Waals surface area contributed by atoms with Crippen molar-refractivity contribution in [3.63, 3.8) is 0 Å². The fraction of sp³-hybridized carbons (Fsp3) is 0.619. The van der Waals surface area contributed by atoms with Gasteiger partial charge in [0.1, 0.15) is 5.54 Å². The molecule has 1 aromatic carbocycles. The summed E-state index contributed by atoms with van der Waals surface area (Å²) in [4.78, 5) is 32.7. The van der Waals surface area contributed by atoms with E-state index in [0.29, 0.717) is 6.04 Å². The number of benzene rings is 1. The summed E-state index contributed by atoms with van der Waals surface area (Å²) in [5.74, 6) is -0.0364. The number of hydrogen-bond donors (Lipinski definition) is 0. The van der Waals surface area contributed by atoms with Crippen molar-refractivity contribution >= 4 is 29.2 Å². The number of urea groups is 1. The average molecular weight is 405 g/mol. The first-order valence-corrected chi connectivity index (χ1v) is 10.5. The number of anilines is 1. The van der Waals surface area contributed by atoms with E-state index in [1.165, 1.54) is 10.6 Å².